The molecule has 1 fully saturated rings. The molecule has 4 rings (SSSR count). The number of hydrogen-bond donors (Lipinski definition) is 1. The Kier molecular flexibility index (Phi) is 8.63. The van der Waals surface area contributed by atoms with Crippen LogP contribution in [0.4, 0.5) is 4.39 Å². The van der Waals surface area contributed by atoms with Gasteiger partial charge in [0.25, 0.3) is 0 Å². The predicted octanol–water partition coefficient (Wildman–Crippen LogP) is 9.06. The lowest BCUT2D eigenvalue weighted by Gasteiger charge is -2.30. The average molecular weight is 521 g/mol. The van der Waals surface area contributed by atoms with Crippen LogP contribution in [0.5, 0.6) is 5.75 Å². The molecule has 1 saturated carbocycles. The number of ether oxygens (including phenoxy) is 1. The number of benzene rings is 3. The molecule has 2 atom stereocenters. The zero-order chi connectivity index (χ0) is 26.6. The number of halogens is 1. The van der Waals surface area contributed by atoms with Crippen molar-refractivity contribution in [3.05, 3.63) is 83.2 Å². The van der Waals surface area contributed by atoms with Gasteiger partial charge in [-0.05, 0) is 71.4 Å². The minimum Gasteiger partial charge on any atom is -0.493 e. The topological polar surface area (TPSA) is 46.5 Å². The lowest BCUT2D eigenvalue weighted by Crippen LogP contribution is -2.18. The Hall–Kier alpha value is -2.79. The van der Waals surface area contributed by atoms with Crippen molar-refractivity contribution in [1.29, 1.82) is 0 Å². The van der Waals surface area contributed by atoms with E-state index in [4.69, 9.17) is 4.74 Å². The van der Waals surface area contributed by atoms with E-state index in [1.165, 1.54) is 7.11 Å². The van der Waals surface area contributed by atoms with Crippen LogP contribution >= 0.6 is 11.8 Å². The molecule has 0 radical (unpaired) electrons. The van der Waals surface area contributed by atoms with Gasteiger partial charge in [0.05, 0.1) is 13.5 Å². The van der Waals surface area contributed by atoms with Gasteiger partial charge in [-0.3, -0.25) is 4.79 Å². The summed E-state index contributed by atoms with van der Waals surface area (Å²) in [7, 11) is 1.54. The molecule has 0 heterocycles. The summed E-state index contributed by atoms with van der Waals surface area (Å²) in [4.78, 5) is 12.3. The van der Waals surface area contributed by atoms with Gasteiger partial charge in [-0.1, -0.05) is 69.7 Å². The maximum absolute atomic E-state index is 16.3. The third-order valence-corrected chi connectivity index (χ3v) is 8.93. The van der Waals surface area contributed by atoms with E-state index in [0.29, 0.717) is 17.1 Å². The van der Waals surface area contributed by atoms with Crippen LogP contribution in [0.25, 0.3) is 11.1 Å². The summed E-state index contributed by atoms with van der Waals surface area (Å²) in [6, 6.07) is 20.1. The Morgan fingerprint density at radius 2 is 1.92 bits per heavy atom. The first-order chi connectivity index (χ1) is 17.7. The maximum atomic E-state index is 16.3. The van der Waals surface area contributed by atoms with Crippen molar-refractivity contribution < 1.29 is 19.0 Å². The fourth-order valence-corrected chi connectivity index (χ4v) is 6.80. The SMILES string of the molecule is CC[C@@H](CC(=O)O)c1cccc(SCc2c([C@H]3CCCC3(C)C)cc(-c3ccccc3)c(OC)c2F)c1. The molecule has 3 aromatic rings. The molecule has 0 amide bonds. The van der Waals surface area contributed by atoms with Gasteiger partial charge in [0, 0.05) is 21.8 Å². The molecular formula is C32H37FO3S. The first kappa shape index (κ1) is 27.3. The molecule has 5 heteroatoms. The third kappa shape index (κ3) is 6.04. The summed E-state index contributed by atoms with van der Waals surface area (Å²) < 4.78 is 21.9. The Bertz CT molecular complexity index is 1240. The molecule has 1 aliphatic carbocycles. The first-order valence-corrected chi connectivity index (χ1v) is 14.1. The van der Waals surface area contributed by atoms with Crippen LogP contribution in [-0.4, -0.2) is 18.2 Å². The van der Waals surface area contributed by atoms with Crippen molar-refractivity contribution in [2.45, 2.75) is 75.4 Å². The summed E-state index contributed by atoms with van der Waals surface area (Å²) in [5.74, 6) is -0.0445. The molecule has 3 nitrogen and oxygen atoms in total. The highest BCUT2D eigenvalue weighted by atomic mass is 32.2. The summed E-state index contributed by atoms with van der Waals surface area (Å²) >= 11 is 1.60. The van der Waals surface area contributed by atoms with Gasteiger partial charge in [0.1, 0.15) is 0 Å². The van der Waals surface area contributed by atoms with Gasteiger partial charge in [-0.25, -0.2) is 4.39 Å². The highest BCUT2D eigenvalue weighted by molar-refractivity contribution is 7.98. The van der Waals surface area contributed by atoms with Gasteiger partial charge in [0.2, 0.25) is 0 Å². The van der Waals surface area contributed by atoms with Crippen molar-refractivity contribution in [3.8, 4) is 16.9 Å². The normalized spacial score (nSPS) is 17.5. The molecular weight excluding hydrogens is 483 g/mol. The van der Waals surface area contributed by atoms with Crippen molar-refractivity contribution >= 4 is 17.7 Å². The first-order valence-electron chi connectivity index (χ1n) is 13.1. The second kappa shape index (κ2) is 11.7. The number of carboxylic acid groups (broad SMARTS) is 1. The molecule has 1 aliphatic rings. The number of carboxylic acids is 1. The zero-order valence-electron chi connectivity index (χ0n) is 22.2. The van der Waals surface area contributed by atoms with Crippen molar-refractivity contribution in [3.63, 3.8) is 0 Å². The molecule has 0 spiro atoms. The number of thioether (sulfide) groups is 1. The number of rotatable bonds is 10. The Morgan fingerprint density at radius 3 is 2.54 bits per heavy atom. The molecule has 0 saturated heterocycles. The predicted molar refractivity (Wildman–Crippen MR) is 150 cm³/mol. The molecule has 196 valence electrons. The maximum Gasteiger partial charge on any atom is 0.303 e. The monoisotopic (exact) mass is 520 g/mol. The molecule has 3 aromatic carbocycles. The molecule has 37 heavy (non-hydrogen) atoms. The van der Waals surface area contributed by atoms with E-state index in [1.54, 1.807) is 11.8 Å². The fraction of sp³-hybridized carbons (Fsp3) is 0.406. The minimum absolute atomic E-state index is 0.0325. The summed E-state index contributed by atoms with van der Waals surface area (Å²) in [6.07, 6.45) is 4.19. The molecule has 0 aromatic heterocycles. The van der Waals surface area contributed by atoms with Crippen molar-refractivity contribution in [1.82, 2.24) is 0 Å². The van der Waals surface area contributed by atoms with E-state index >= 15 is 4.39 Å². The summed E-state index contributed by atoms with van der Waals surface area (Å²) in [5.41, 5.74) is 4.66. The highest BCUT2D eigenvalue weighted by Crippen LogP contribution is 2.52. The van der Waals surface area contributed by atoms with Crippen molar-refractivity contribution in [2.75, 3.05) is 7.11 Å². The molecule has 1 N–H and O–H groups in total. The van der Waals surface area contributed by atoms with Crippen LogP contribution in [0.3, 0.4) is 0 Å². The van der Waals surface area contributed by atoms with E-state index < -0.39 is 5.97 Å². The zero-order valence-corrected chi connectivity index (χ0v) is 23.0. The van der Waals surface area contributed by atoms with Crippen LogP contribution in [0.15, 0.2) is 65.6 Å². The van der Waals surface area contributed by atoms with Crippen LogP contribution < -0.4 is 4.74 Å². The van der Waals surface area contributed by atoms with Crippen LogP contribution in [0.1, 0.15) is 81.4 Å². The van der Waals surface area contributed by atoms with Gasteiger partial charge < -0.3 is 9.84 Å². The van der Waals surface area contributed by atoms with Gasteiger partial charge in [-0.2, -0.15) is 0 Å². The van der Waals surface area contributed by atoms with E-state index in [1.807, 2.05) is 55.5 Å². The summed E-state index contributed by atoms with van der Waals surface area (Å²) in [5, 5.41) is 9.30. The highest BCUT2D eigenvalue weighted by Gasteiger charge is 2.38. The Labute approximate surface area is 224 Å². The van der Waals surface area contributed by atoms with E-state index in [9.17, 15) is 9.90 Å². The second-order valence-electron chi connectivity index (χ2n) is 10.7. The van der Waals surface area contributed by atoms with Crippen LogP contribution in [0, 0.1) is 11.2 Å². The van der Waals surface area contributed by atoms with Gasteiger partial charge in [0.15, 0.2) is 11.6 Å². The fourth-order valence-electron chi connectivity index (χ4n) is 5.81. The Morgan fingerprint density at radius 1 is 1.16 bits per heavy atom. The standard InChI is InChI=1S/C32H37FO3S/c1-5-21(18-29(34)35)23-13-9-14-24(17-23)37-20-27-26(28-15-10-16-32(28,2)3)19-25(31(36-4)30(27)33)22-11-7-6-8-12-22/h6-9,11-14,17,19,21,28H,5,10,15-16,18,20H2,1-4H3,(H,34,35)/t21-,28+/m0/s1. The molecule has 0 bridgehead atoms. The summed E-state index contributed by atoms with van der Waals surface area (Å²) in [6.45, 7) is 6.60. The third-order valence-electron chi connectivity index (χ3n) is 7.91. The second-order valence-corrected chi connectivity index (χ2v) is 11.8. The van der Waals surface area contributed by atoms with Gasteiger partial charge >= 0.3 is 5.97 Å². The van der Waals surface area contributed by atoms with Crippen LogP contribution in [0.2, 0.25) is 0 Å². The number of hydrogen-bond acceptors (Lipinski definition) is 3. The lowest BCUT2D eigenvalue weighted by atomic mass is 9.75. The van der Waals surface area contributed by atoms with Crippen molar-refractivity contribution in [2.24, 2.45) is 5.41 Å². The van der Waals surface area contributed by atoms with Crippen LogP contribution in [-0.2, 0) is 10.5 Å². The number of aliphatic carboxylic acids is 1. The quantitative estimate of drug-likeness (QED) is 0.271. The molecule has 0 aliphatic heterocycles. The average Bonchev–Trinajstić information content (AvgIpc) is 3.25. The number of carbonyl (C=O) groups is 1. The van der Waals surface area contributed by atoms with E-state index in [-0.39, 0.29) is 29.5 Å². The molecule has 0 unspecified atom stereocenters. The lowest BCUT2D eigenvalue weighted by molar-refractivity contribution is -0.137. The Balaban J connectivity index is 1.74. The largest absolute Gasteiger partial charge is 0.493 e. The smallest absolute Gasteiger partial charge is 0.303 e. The minimum atomic E-state index is -0.790. The van der Waals surface area contributed by atoms with E-state index in [2.05, 4.69) is 26.0 Å². The number of methoxy groups -OCH3 is 1. The van der Waals surface area contributed by atoms with E-state index in [0.717, 1.165) is 52.8 Å². The van der Waals surface area contributed by atoms with Gasteiger partial charge in [-0.15, -0.1) is 11.8 Å².